The van der Waals surface area contributed by atoms with Crippen LogP contribution in [-0.2, 0) is 0 Å². The van der Waals surface area contributed by atoms with E-state index in [1.807, 2.05) is 7.05 Å². The van der Waals surface area contributed by atoms with Crippen LogP contribution in [0.3, 0.4) is 0 Å². The van der Waals surface area contributed by atoms with E-state index in [0.29, 0.717) is 17.2 Å². The molecule has 4 nitrogen and oxygen atoms in total. The molecule has 0 atom stereocenters. The van der Waals surface area contributed by atoms with Crippen LogP contribution in [0.5, 0.6) is 0 Å². The van der Waals surface area contributed by atoms with Crippen LogP contribution in [0.2, 0.25) is 0 Å². The SMILES string of the molecule is CN(CC1CCCCC1)C(=O)c1ccc(NC(=O)c2ccc(F)c(F)c2)cc1. The lowest BCUT2D eigenvalue weighted by Gasteiger charge is -2.27. The van der Waals surface area contributed by atoms with Gasteiger partial charge in [-0.1, -0.05) is 19.3 Å². The third-order valence-electron chi connectivity index (χ3n) is 5.18. The van der Waals surface area contributed by atoms with Crippen molar-refractivity contribution in [3.63, 3.8) is 0 Å². The second-order valence-corrected chi connectivity index (χ2v) is 7.35. The smallest absolute Gasteiger partial charge is 0.255 e. The zero-order valence-electron chi connectivity index (χ0n) is 15.9. The first-order valence-corrected chi connectivity index (χ1v) is 9.56. The number of benzene rings is 2. The van der Waals surface area contributed by atoms with Crippen LogP contribution in [0, 0.1) is 17.6 Å². The van der Waals surface area contributed by atoms with Crippen LogP contribution in [0.1, 0.15) is 52.8 Å². The minimum atomic E-state index is -1.07. The van der Waals surface area contributed by atoms with Crippen LogP contribution >= 0.6 is 0 Å². The molecule has 0 unspecified atom stereocenters. The summed E-state index contributed by atoms with van der Waals surface area (Å²) in [6.07, 6.45) is 6.10. The van der Waals surface area contributed by atoms with Gasteiger partial charge >= 0.3 is 0 Å². The average Bonchev–Trinajstić information content (AvgIpc) is 2.70. The van der Waals surface area contributed by atoms with E-state index in [-0.39, 0.29) is 11.5 Å². The van der Waals surface area contributed by atoms with Gasteiger partial charge < -0.3 is 10.2 Å². The molecule has 0 heterocycles. The minimum absolute atomic E-state index is 0.0197. The maximum Gasteiger partial charge on any atom is 0.255 e. The van der Waals surface area contributed by atoms with Gasteiger partial charge in [0, 0.05) is 30.4 Å². The summed E-state index contributed by atoms with van der Waals surface area (Å²) in [6, 6.07) is 9.53. The lowest BCUT2D eigenvalue weighted by atomic mass is 9.89. The Balaban J connectivity index is 1.59. The van der Waals surface area contributed by atoms with Gasteiger partial charge in [-0.25, -0.2) is 8.78 Å². The molecule has 1 fully saturated rings. The molecular weight excluding hydrogens is 362 g/mol. The highest BCUT2D eigenvalue weighted by atomic mass is 19.2. The van der Waals surface area contributed by atoms with Crippen LogP contribution in [0.4, 0.5) is 14.5 Å². The van der Waals surface area contributed by atoms with Gasteiger partial charge in [-0.2, -0.15) is 0 Å². The number of nitrogens with one attached hydrogen (secondary N) is 1. The third-order valence-corrected chi connectivity index (χ3v) is 5.18. The Labute approximate surface area is 163 Å². The van der Waals surface area contributed by atoms with Crippen molar-refractivity contribution in [2.24, 2.45) is 5.92 Å². The van der Waals surface area contributed by atoms with E-state index in [1.165, 1.54) is 38.2 Å². The van der Waals surface area contributed by atoms with Gasteiger partial charge in [0.1, 0.15) is 0 Å². The predicted molar refractivity (Wildman–Crippen MR) is 104 cm³/mol. The van der Waals surface area contributed by atoms with Crippen molar-refractivity contribution in [2.45, 2.75) is 32.1 Å². The summed E-state index contributed by atoms with van der Waals surface area (Å²) < 4.78 is 26.2. The first-order valence-electron chi connectivity index (χ1n) is 9.56. The number of hydrogen-bond donors (Lipinski definition) is 1. The number of amides is 2. The fraction of sp³-hybridized carbons (Fsp3) is 0.364. The zero-order valence-corrected chi connectivity index (χ0v) is 15.9. The molecule has 0 aromatic heterocycles. The van der Waals surface area contributed by atoms with Crippen molar-refractivity contribution in [1.29, 1.82) is 0 Å². The van der Waals surface area contributed by atoms with E-state index in [9.17, 15) is 18.4 Å². The number of carbonyl (C=O) groups excluding carboxylic acids is 2. The number of nitrogens with zero attached hydrogens (tertiary/aromatic N) is 1. The Kier molecular flexibility index (Phi) is 6.39. The second-order valence-electron chi connectivity index (χ2n) is 7.35. The summed E-state index contributed by atoms with van der Waals surface area (Å²) in [7, 11) is 1.82. The summed E-state index contributed by atoms with van der Waals surface area (Å²) in [5.74, 6) is -2.11. The zero-order chi connectivity index (χ0) is 20.1. The topological polar surface area (TPSA) is 49.4 Å². The summed E-state index contributed by atoms with van der Waals surface area (Å²) >= 11 is 0. The van der Waals surface area contributed by atoms with Crippen LogP contribution in [0.25, 0.3) is 0 Å². The van der Waals surface area contributed by atoms with Gasteiger partial charge in [0.2, 0.25) is 0 Å². The fourth-order valence-electron chi connectivity index (χ4n) is 3.60. The highest BCUT2D eigenvalue weighted by Crippen LogP contribution is 2.24. The summed E-state index contributed by atoms with van der Waals surface area (Å²) in [4.78, 5) is 26.5. The molecule has 0 radical (unpaired) electrons. The van der Waals surface area contributed by atoms with E-state index in [4.69, 9.17) is 0 Å². The molecule has 0 bridgehead atoms. The maximum atomic E-state index is 13.3. The molecule has 148 valence electrons. The van der Waals surface area contributed by atoms with Gasteiger partial charge in [-0.05, 0) is 61.2 Å². The molecular formula is C22H24F2N2O2. The molecule has 0 aliphatic heterocycles. The van der Waals surface area contributed by atoms with Gasteiger partial charge in [0.25, 0.3) is 11.8 Å². The Bertz CT molecular complexity index is 846. The molecule has 2 aromatic rings. The first kappa shape index (κ1) is 20.0. The van der Waals surface area contributed by atoms with Gasteiger partial charge in [0.15, 0.2) is 11.6 Å². The Morgan fingerprint density at radius 3 is 2.25 bits per heavy atom. The van der Waals surface area contributed by atoms with Crippen molar-refractivity contribution >= 4 is 17.5 Å². The molecule has 1 saturated carbocycles. The molecule has 0 saturated heterocycles. The molecule has 2 aromatic carbocycles. The number of hydrogen-bond acceptors (Lipinski definition) is 2. The molecule has 0 spiro atoms. The standard InChI is InChI=1S/C22H24F2N2O2/c1-26(14-15-5-3-2-4-6-15)22(28)16-7-10-18(11-8-16)25-21(27)17-9-12-19(23)20(24)13-17/h7-13,15H,2-6,14H2,1H3,(H,25,27). The molecule has 1 aliphatic rings. The monoisotopic (exact) mass is 386 g/mol. The third kappa shape index (κ3) is 4.94. The average molecular weight is 386 g/mol. The van der Waals surface area contributed by atoms with E-state index in [1.54, 1.807) is 29.2 Å². The fourth-order valence-corrected chi connectivity index (χ4v) is 3.60. The predicted octanol–water partition coefficient (Wildman–Crippen LogP) is 4.87. The number of anilines is 1. The molecule has 3 rings (SSSR count). The summed E-state index contributed by atoms with van der Waals surface area (Å²) in [6.45, 7) is 0.757. The van der Waals surface area contributed by atoms with Gasteiger partial charge in [0.05, 0.1) is 0 Å². The van der Waals surface area contributed by atoms with Crippen molar-refractivity contribution in [2.75, 3.05) is 18.9 Å². The lowest BCUT2D eigenvalue weighted by Crippen LogP contribution is -2.32. The van der Waals surface area contributed by atoms with Crippen molar-refractivity contribution < 1.29 is 18.4 Å². The number of rotatable bonds is 5. The Morgan fingerprint density at radius 1 is 0.964 bits per heavy atom. The van der Waals surface area contributed by atoms with Crippen molar-refractivity contribution in [3.8, 4) is 0 Å². The van der Waals surface area contributed by atoms with Crippen LogP contribution < -0.4 is 5.32 Å². The van der Waals surface area contributed by atoms with Crippen LogP contribution in [-0.4, -0.2) is 30.3 Å². The van der Waals surface area contributed by atoms with E-state index in [0.717, 1.165) is 18.7 Å². The Morgan fingerprint density at radius 2 is 1.61 bits per heavy atom. The maximum absolute atomic E-state index is 13.3. The molecule has 1 N–H and O–H groups in total. The molecule has 2 amide bonds. The quantitative estimate of drug-likeness (QED) is 0.797. The summed E-state index contributed by atoms with van der Waals surface area (Å²) in [5, 5.41) is 2.61. The largest absolute Gasteiger partial charge is 0.341 e. The second kappa shape index (κ2) is 8.95. The van der Waals surface area contributed by atoms with E-state index >= 15 is 0 Å². The van der Waals surface area contributed by atoms with E-state index < -0.39 is 17.5 Å². The van der Waals surface area contributed by atoms with Crippen LogP contribution in [0.15, 0.2) is 42.5 Å². The highest BCUT2D eigenvalue weighted by Gasteiger charge is 2.19. The summed E-state index contributed by atoms with van der Waals surface area (Å²) in [5.41, 5.74) is 1.04. The van der Waals surface area contributed by atoms with Gasteiger partial charge in [-0.3, -0.25) is 9.59 Å². The minimum Gasteiger partial charge on any atom is -0.341 e. The van der Waals surface area contributed by atoms with Crippen molar-refractivity contribution in [1.82, 2.24) is 4.90 Å². The van der Waals surface area contributed by atoms with E-state index in [2.05, 4.69) is 5.32 Å². The Hall–Kier alpha value is -2.76. The normalized spacial score (nSPS) is 14.5. The number of carbonyl (C=O) groups is 2. The van der Waals surface area contributed by atoms with Crippen molar-refractivity contribution in [3.05, 3.63) is 65.2 Å². The highest BCUT2D eigenvalue weighted by molar-refractivity contribution is 6.04. The lowest BCUT2D eigenvalue weighted by molar-refractivity contribution is 0.0760. The number of halogens is 2. The molecule has 6 heteroatoms. The first-order chi connectivity index (χ1) is 13.4. The molecule has 1 aliphatic carbocycles. The molecule has 28 heavy (non-hydrogen) atoms. The van der Waals surface area contributed by atoms with Gasteiger partial charge in [-0.15, -0.1) is 0 Å².